The monoisotopic (exact) mass is 243 g/mol. The number of nitrogens with zero attached hydrogens (tertiary/aromatic N) is 3. The Hall–Kier alpha value is -2.43. The van der Waals surface area contributed by atoms with Crippen molar-refractivity contribution >= 4 is 17.5 Å². The van der Waals surface area contributed by atoms with Crippen molar-refractivity contribution in [3.63, 3.8) is 0 Å². The highest BCUT2D eigenvalue weighted by Crippen LogP contribution is 2.19. The Kier molecular flexibility index (Phi) is 3.43. The lowest BCUT2D eigenvalue weighted by Gasteiger charge is -2.01. The van der Waals surface area contributed by atoms with Crippen molar-refractivity contribution in [2.45, 2.75) is 6.18 Å². The highest BCUT2D eigenvalue weighted by Gasteiger charge is 2.37. The molecular formula is C9H4F3N3O2. The maximum Gasteiger partial charge on any atom is 0.454 e. The van der Waals surface area contributed by atoms with E-state index in [2.05, 4.69) is 14.8 Å². The molecule has 0 radical (unpaired) electrons. The van der Waals surface area contributed by atoms with Gasteiger partial charge in [0.25, 0.3) is 5.78 Å². The smallest absolute Gasteiger partial charge is 0.454 e. The largest absolute Gasteiger partial charge is 0.507 e. The van der Waals surface area contributed by atoms with Gasteiger partial charge in [-0.1, -0.05) is 0 Å². The first-order valence-electron chi connectivity index (χ1n) is 4.06. The van der Waals surface area contributed by atoms with E-state index >= 15 is 0 Å². The average molecular weight is 243 g/mol. The van der Waals surface area contributed by atoms with E-state index in [9.17, 15) is 23.1 Å². The fourth-order valence-electron chi connectivity index (χ4n) is 0.801. The molecule has 0 saturated heterocycles. The average Bonchev–Trinajstić information content (AvgIpc) is 2.27. The zero-order valence-corrected chi connectivity index (χ0v) is 8.06. The molecule has 0 fully saturated rings. The highest BCUT2D eigenvalue weighted by molar-refractivity contribution is 5.99. The van der Waals surface area contributed by atoms with Crippen LogP contribution in [0.2, 0.25) is 0 Å². The quantitative estimate of drug-likeness (QED) is 0.490. The number of hydrogen-bond acceptors (Lipinski definition) is 4. The molecule has 17 heavy (non-hydrogen) atoms. The third kappa shape index (κ3) is 3.27. The molecule has 1 heterocycles. The van der Waals surface area contributed by atoms with Crippen LogP contribution in [0.15, 0.2) is 18.5 Å². The predicted octanol–water partition coefficient (Wildman–Crippen LogP) is 2.06. The lowest BCUT2D eigenvalue weighted by atomic mass is 10.2. The summed E-state index contributed by atoms with van der Waals surface area (Å²) in [5, 5.41) is 9.20. The predicted molar refractivity (Wildman–Crippen MR) is 50.0 cm³/mol. The third-order valence-corrected chi connectivity index (χ3v) is 1.58. The minimum absolute atomic E-state index is 0.0240. The number of rotatable bonds is 2. The van der Waals surface area contributed by atoms with Crippen molar-refractivity contribution in [3.8, 4) is 0 Å². The van der Waals surface area contributed by atoms with Gasteiger partial charge in [-0.15, -0.1) is 6.57 Å². The van der Waals surface area contributed by atoms with Gasteiger partial charge in [0.15, 0.2) is 0 Å². The second-order valence-corrected chi connectivity index (χ2v) is 2.78. The molecule has 1 N–H and O–H groups in total. The van der Waals surface area contributed by atoms with Crippen LogP contribution in [0, 0.1) is 6.57 Å². The molecule has 0 bridgehead atoms. The third-order valence-electron chi connectivity index (χ3n) is 1.58. The Morgan fingerprint density at radius 1 is 1.41 bits per heavy atom. The number of carbonyl (C=O) groups is 1. The summed E-state index contributed by atoms with van der Waals surface area (Å²) in [5.41, 5.74) is -0.185. The fourth-order valence-corrected chi connectivity index (χ4v) is 0.801. The summed E-state index contributed by atoms with van der Waals surface area (Å²) in [7, 11) is 0. The Bertz CT molecular complexity index is 500. The molecule has 1 rings (SSSR count). The van der Waals surface area contributed by atoms with Gasteiger partial charge in [-0.2, -0.15) is 23.1 Å². The first-order valence-corrected chi connectivity index (χ1v) is 4.06. The van der Waals surface area contributed by atoms with Crippen LogP contribution >= 0.6 is 0 Å². The summed E-state index contributed by atoms with van der Waals surface area (Å²) >= 11 is 0. The summed E-state index contributed by atoms with van der Waals surface area (Å²) in [6.45, 7) is 6.54. The topological polar surface area (TPSA) is 67.4 Å². The molecule has 0 aliphatic carbocycles. The van der Waals surface area contributed by atoms with E-state index in [1.807, 2.05) is 0 Å². The van der Waals surface area contributed by atoms with Crippen molar-refractivity contribution in [1.29, 1.82) is 0 Å². The van der Waals surface area contributed by atoms with Gasteiger partial charge in [-0.05, 0) is 0 Å². The minimum atomic E-state index is -5.05. The molecule has 8 heteroatoms. The number of aliphatic hydroxyl groups excluding tert-OH is 1. The zero-order valence-electron chi connectivity index (χ0n) is 8.06. The highest BCUT2D eigenvalue weighted by atomic mass is 19.4. The molecule has 0 amide bonds. The minimum Gasteiger partial charge on any atom is -0.507 e. The van der Waals surface area contributed by atoms with E-state index < -0.39 is 17.7 Å². The van der Waals surface area contributed by atoms with Crippen LogP contribution in [0.4, 0.5) is 19.1 Å². The number of halogens is 3. The van der Waals surface area contributed by atoms with Crippen LogP contribution in [0.25, 0.3) is 10.6 Å². The Balaban J connectivity index is 2.97. The number of carbonyl (C=O) groups excluding carboxylic acids is 1. The molecule has 88 valence electrons. The van der Waals surface area contributed by atoms with Crippen molar-refractivity contribution in [1.82, 2.24) is 9.97 Å². The number of allylic oxidation sites excluding steroid dienone is 1. The van der Waals surface area contributed by atoms with Gasteiger partial charge in [0, 0.05) is 6.08 Å². The number of aromatic nitrogens is 2. The summed E-state index contributed by atoms with van der Waals surface area (Å²) in [5.74, 6) is -3.32. The van der Waals surface area contributed by atoms with Crippen molar-refractivity contribution in [3.05, 3.63) is 35.5 Å². The van der Waals surface area contributed by atoms with Gasteiger partial charge in [0.05, 0.1) is 18.0 Å². The second kappa shape index (κ2) is 4.61. The zero-order chi connectivity index (χ0) is 13.1. The summed E-state index contributed by atoms with van der Waals surface area (Å²) in [6, 6.07) is 0. The number of alkyl halides is 3. The SMILES string of the molecule is [C-]#[N+]c1ncc(/C(O)=C/C(=O)C(F)(F)F)cn1. The van der Waals surface area contributed by atoms with E-state index in [4.69, 9.17) is 6.57 Å². The van der Waals surface area contributed by atoms with Crippen molar-refractivity contribution < 1.29 is 23.1 Å². The van der Waals surface area contributed by atoms with Gasteiger partial charge in [-0.25, -0.2) is 0 Å². The van der Waals surface area contributed by atoms with E-state index in [-0.39, 0.29) is 17.6 Å². The van der Waals surface area contributed by atoms with Crippen LogP contribution in [0.5, 0.6) is 0 Å². The van der Waals surface area contributed by atoms with Crippen LogP contribution in [0.1, 0.15) is 5.56 Å². The summed E-state index contributed by atoms with van der Waals surface area (Å²) < 4.78 is 35.6. The Morgan fingerprint density at radius 2 is 1.94 bits per heavy atom. The Morgan fingerprint density at radius 3 is 2.35 bits per heavy atom. The maximum absolute atomic E-state index is 11.9. The van der Waals surface area contributed by atoms with E-state index in [0.29, 0.717) is 0 Å². The molecule has 0 unspecified atom stereocenters. The number of ketones is 1. The molecule has 5 nitrogen and oxygen atoms in total. The first kappa shape index (κ1) is 12.6. The fraction of sp³-hybridized carbons (Fsp3) is 0.111. The van der Waals surface area contributed by atoms with Crippen LogP contribution < -0.4 is 0 Å². The molecule has 0 aliphatic heterocycles. The second-order valence-electron chi connectivity index (χ2n) is 2.78. The molecule has 0 atom stereocenters. The van der Waals surface area contributed by atoms with Gasteiger partial charge >= 0.3 is 12.1 Å². The van der Waals surface area contributed by atoms with Crippen molar-refractivity contribution in [2.24, 2.45) is 0 Å². The first-order chi connectivity index (χ1) is 7.84. The molecule has 0 aromatic carbocycles. The van der Waals surface area contributed by atoms with E-state index in [1.54, 1.807) is 0 Å². The molecule has 0 saturated carbocycles. The van der Waals surface area contributed by atoms with Gasteiger partial charge < -0.3 is 9.95 Å². The summed E-state index contributed by atoms with van der Waals surface area (Å²) in [4.78, 5) is 20.2. The van der Waals surface area contributed by atoms with Gasteiger partial charge in [0.2, 0.25) is 0 Å². The number of aliphatic hydroxyl groups is 1. The van der Waals surface area contributed by atoms with Crippen LogP contribution in [-0.2, 0) is 4.79 Å². The molecule has 1 aromatic rings. The van der Waals surface area contributed by atoms with Gasteiger partial charge in [-0.3, -0.25) is 4.79 Å². The van der Waals surface area contributed by atoms with Crippen LogP contribution in [-0.4, -0.2) is 27.0 Å². The molecule has 0 aliphatic rings. The lowest BCUT2D eigenvalue weighted by molar-refractivity contribution is -0.165. The number of hydrogen-bond donors (Lipinski definition) is 1. The molecular weight excluding hydrogens is 239 g/mol. The van der Waals surface area contributed by atoms with Crippen LogP contribution in [0.3, 0.4) is 0 Å². The van der Waals surface area contributed by atoms with E-state index in [0.717, 1.165) is 12.4 Å². The summed E-state index contributed by atoms with van der Waals surface area (Å²) in [6.07, 6.45) is -3.15. The molecule has 0 spiro atoms. The van der Waals surface area contributed by atoms with E-state index in [1.165, 1.54) is 0 Å². The van der Waals surface area contributed by atoms with Gasteiger partial charge in [0.1, 0.15) is 5.76 Å². The normalized spacial score (nSPS) is 12.0. The Labute approximate surface area is 93.1 Å². The standard InChI is InChI=1S/C9H4F3N3O2/c1-13-8-14-3-5(4-15-8)6(16)2-7(17)9(10,11)12/h2-4,16H/b6-2-. The van der Waals surface area contributed by atoms with Crippen molar-refractivity contribution in [2.75, 3.05) is 0 Å². The molecule has 1 aromatic heterocycles. The maximum atomic E-state index is 11.9. The lowest BCUT2D eigenvalue weighted by Crippen LogP contribution is -2.20.